The van der Waals surface area contributed by atoms with Gasteiger partial charge in [-0.15, -0.1) is 0 Å². The monoisotopic (exact) mass is 433 g/mol. The van der Waals surface area contributed by atoms with Gasteiger partial charge in [0.15, 0.2) is 5.76 Å². The number of amides is 2. The Hall–Kier alpha value is -3.61. The lowest BCUT2D eigenvalue weighted by Crippen LogP contribution is -2.37. The number of nitrogens with one attached hydrogen (secondary N) is 1. The van der Waals surface area contributed by atoms with Crippen LogP contribution in [0.2, 0.25) is 0 Å². The lowest BCUT2D eigenvalue weighted by Gasteiger charge is -2.30. The van der Waals surface area contributed by atoms with Gasteiger partial charge in [-0.25, -0.2) is 0 Å². The number of para-hydroxylation sites is 1. The summed E-state index contributed by atoms with van der Waals surface area (Å²) in [5.74, 6) is 0.961. The van der Waals surface area contributed by atoms with Crippen LogP contribution in [0.1, 0.15) is 44.9 Å². The third-order valence-corrected chi connectivity index (χ3v) is 5.92. The van der Waals surface area contributed by atoms with E-state index in [2.05, 4.69) is 10.3 Å². The van der Waals surface area contributed by atoms with Crippen molar-refractivity contribution in [3.05, 3.63) is 82.6 Å². The number of nitrogens with zero attached hydrogens (tertiary/aromatic N) is 2. The summed E-state index contributed by atoms with van der Waals surface area (Å²) in [5, 5.41) is 2.91. The molecule has 0 fully saturated rings. The van der Waals surface area contributed by atoms with Gasteiger partial charge in [0, 0.05) is 37.9 Å². The Balaban J connectivity index is 1.40. The summed E-state index contributed by atoms with van der Waals surface area (Å²) in [4.78, 5) is 31.5. The summed E-state index contributed by atoms with van der Waals surface area (Å²) >= 11 is 0. The Labute approximate surface area is 187 Å². The van der Waals surface area contributed by atoms with Crippen molar-refractivity contribution in [1.29, 1.82) is 0 Å². The molecule has 0 saturated carbocycles. The number of rotatable bonds is 7. The molecular weight excluding hydrogens is 406 g/mol. The van der Waals surface area contributed by atoms with Gasteiger partial charge in [0.2, 0.25) is 5.91 Å². The van der Waals surface area contributed by atoms with Gasteiger partial charge in [0.05, 0.1) is 13.4 Å². The van der Waals surface area contributed by atoms with Crippen LogP contribution in [-0.4, -0.2) is 35.4 Å². The highest BCUT2D eigenvalue weighted by molar-refractivity contribution is 5.91. The second-order valence-corrected chi connectivity index (χ2v) is 7.86. The smallest absolute Gasteiger partial charge is 0.287 e. The molecule has 0 spiro atoms. The van der Waals surface area contributed by atoms with Crippen molar-refractivity contribution in [2.75, 3.05) is 13.7 Å². The Morgan fingerprint density at radius 1 is 1.22 bits per heavy atom. The highest BCUT2D eigenvalue weighted by atomic mass is 16.5. The van der Waals surface area contributed by atoms with E-state index < -0.39 is 0 Å². The average Bonchev–Trinajstić information content (AvgIpc) is 3.37. The molecule has 2 amide bonds. The molecule has 0 bridgehead atoms. The molecule has 0 atom stereocenters. The van der Waals surface area contributed by atoms with Crippen LogP contribution in [0.5, 0.6) is 5.75 Å². The van der Waals surface area contributed by atoms with Crippen molar-refractivity contribution in [3.8, 4) is 5.75 Å². The van der Waals surface area contributed by atoms with Gasteiger partial charge in [-0.3, -0.25) is 14.6 Å². The van der Waals surface area contributed by atoms with Crippen LogP contribution in [-0.2, 0) is 30.7 Å². The second kappa shape index (κ2) is 9.68. The Morgan fingerprint density at radius 2 is 2.06 bits per heavy atom. The molecule has 2 aromatic heterocycles. The summed E-state index contributed by atoms with van der Waals surface area (Å²) in [7, 11) is 1.64. The largest absolute Gasteiger partial charge is 0.496 e. The second-order valence-electron chi connectivity index (χ2n) is 7.86. The number of aryl methyl sites for hydroxylation is 2. The fourth-order valence-electron chi connectivity index (χ4n) is 4.14. The summed E-state index contributed by atoms with van der Waals surface area (Å²) in [6.07, 6.45) is 5.14. The number of pyridine rings is 1. The van der Waals surface area contributed by atoms with Crippen molar-refractivity contribution < 1.29 is 18.7 Å². The summed E-state index contributed by atoms with van der Waals surface area (Å²) in [5.41, 5.74) is 5.15. The zero-order valence-electron chi connectivity index (χ0n) is 18.4. The highest BCUT2D eigenvalue weighted by Crippen LogP contribution is 2.25. The fraction of sp³-hybridized carbons (Fsp3) is 0.320. The standard InChI is InChI=1S/C25H27N3O4/c1-17-21(15-27-25(30)23-8-5-13-32-23)20-11-12-28(16-19(20)14-26-17)24(29)10-9-18-6-3-4-7-22(18)31-2/h3-8,13-14H,9-12,15-16H2,1-2H3,(H,27,30). The number of aromatic nitrogens is 1. The Kier molecular flexibility index (Phi) is 6.54. The van der Waals surface area contributed by atoms with Crippen LogP contribution in [0.25, 0.3) is 0 Å². The van der Waals surface area contributed by atoms with Gasteiger partial charge in [0.1, 0.15) is 5.75 Å². The summed E-state index contributed by atoms with van der Waals surface area (Å²) in [6.45, 7) is 3.51. The number of hydrogen-bond acceptors (Lipinski definition) is 5. The number of fused-ring (bicyclic) bond motifs is 1. The lowest BCUT2D eigenvalue weighted by molar-refractivity contribution is -0.132. The van der Waals surface area contributed by atoms with Crippen molar-refractivity contribution >= 4 is 11.8 Å². The molecule has 1 N–H and O–H groups in total. The number of hydrogen-bond donors (Lipinski definition) is 1. The van der Waals surface area contributed by atoms with Gasteiger partial charge >= 0.3 is 0 Å². The van der Waals surface area contributed by atoms with Crippen LogP contribution >= 0.6 is 0 Å². The maximum atomic E-state index is 12.9. The van der Waals surface area contributed by atoms with Crippen molar-refractivity contribution in [3.63, 3.8) is 0 Å². The zero-order chi connectivity index (χ0) is 22.5. The summed E-state index contributed by atoms with van der Waals surface area (Å²) in [6, 6.07) is 11.1. The van der Waals surface area contributed by atoms with E-state index >= 15 is 0 Å². The number of furan rings is 1. The quantitative estimate of drug-likeness (QED) is 0.617. The van der Waals surface area contributed by atoms with E-state index in [4.69, 9.17) is 9.15 Å². The molecule has 4 rings (SSSR count). The summed E-state index contributed by atoms with van der Waals surface area (Å²) < 4.78 is 10.5. The number of methoxy groups -OCH3 is 1. The molecule has 1 aliphatic rings. The van der Waals surface area contributed by atoms with Crippen molar-refractivity contribution in [2.45, 2.75) is 39.3 Å². The molecular formula is C25H27N3O4. The molecule has 3 heterocycles. The minimum absolute atomic E-state index is 0.120. The van der Waals surface area contributed by atoms with Gasteiger partial charge in [-0.1, -0.05) is 18.2 Å². The van der Waals surface area contributed by atoms with E-state index in [-0.39, 0.29) is 17.6 Å². The number of carbonyl (C=O) groups is 2. The maximum absolute atomic E-state index is 12.9. The first kappa shape index (κ1) is 21.6. The normalized spacial score (nSPS) is 12.9. The molecule has 0 radical (unpaired) electrons. The third-order valence-electron chi connectivity index (χ3n) is 5.92. The van der Waals surface area contributed by atoms with Gasteiger partial charge in [0.25, 0.3) is 5.91 Å². The van der Waals surface area contributed by atoms with Crippen LogP contribution in [0, 0.1) is 6.92 Å². The molecule has 7 heteroatoms. The van der Waals surface area contributed by atoms with Gasteiger partial charge in [-0.2, -0.15) is 0 Å². The predicted octanol–water partition coefficient (Wildman–Crippen LogP) is 3.44. The lowest BCUT2D eigenvalue weighted by atomic mass is 9.94. The molecule has 0 aliphatic carbocycles. The Morgan fingerprint density at radius 3 is 2.84 bits per heavy atom. The van der Waals surface area contributed by atoms with Crippen molar-refractivity contribution in [2.24, 2.45) is 0 Å². The first-order valence-electron chi connectivity index (χ1n) is 10.7. The van der Waals surface area contributed by atoms with E-state index in [1.165, 1.54) is 11.8 Å². The van der Waals surface area contributed by atoms with E-state index in [0.717, 1.165) is 34.6 Å². The molecule has 7 nitrogen and oxygen atoms in total. The first-order valence-corrected chi connectivity index (χ1v) is 10.7. The van der Waals surface area contributed by atoms with Crippen LogP contribution in [0.3, 0.4) is 0 Å². The van der Waals surface area contributed by atoms with Crippen molar-refractivity contribution in [1.82, 2.24) is 15.2 Å². The van der Waals surface area contributed by atoms with Crippen LogP contribution < -0.4 is 10.1 Å². The topological polar surface area (TPSA) is 84.7 Å². The SMILES string of the molecule is COc1ccccc1CCC(=O)N1CCc2c(cnc(C)c2CNC(=O)c2ccco2)C1. The fourth-order valence-corrected chi connectivity index (χ4v) is 4.14. The van der Waals surface area contributed by atoms with Crippen LogP contribution in [0.15, 0.2) is 53.3 Å². The molecule has 166 valence electrons. The molecule has 3 aromatic rings. The van der Waals surface area contributed by atoms with Gasteiger partial charge < -0.3 is 19.4 Å². The molecule has 32 heavy (non-hydrogen) atoms. The average molecular weight is 434 g/mol. The van der Waals surface area contributed by atoms with E-state index in [1.807, 2.05) is 42.3 Å². The molecule has 1 aromatic carbocycles. The number of carbonyl (C=O) groups excluding carboxylic acids is 2. The Bertz CT molecular complexity index is 1110. The first-order chi connectivity index (χ1) is 15.6. The highest BCUT2D eigenvalue weighted by Gasteiger charge is 2.24. The van der Waals surface area contributed by atoms with E-state index in [1.54, 1.807) is 19.2 Å². The number of benzene rings is 1. The predicted molar refractivity (Wildman–Crippen MR) is 119 cm³/mol. The third kappa shape index (κ3) is 4.66. The molecule has 1 aliphatic heterocycles. The van der Waals surface area contributed by atoms with E-state index in [9.17, 15) is 9.59 Å². The zero-order valence-corrected chi connectivity index (χ0v) is 18.4. The number of ether oxygens (including phenoxy) is 1. The van der Waals surface area contributed by atoms with Crippen LogP contribution in [0.4, 0.5) is 0 Å². The van der Waals surface area contributed by atoms with E-state index in [0.29, 0.717) is 32.5 Å². The van der Waals surface area contributed by atoms with Gasteiger partial charge in [-0.05, 0) is 60.2 Å². The molecule has 0 unspecified atom stereocenters. The minimum Gasteiger partial charge on any atom is -0.496 e. The maximum Gasteiger partial charge on any atom is 0.287 e. The molecule has 0 saturated heterocycles. The minimum atomic E-state index is -0.254.